The lowest BCUT2D eigenvalue weighted by Gasteiger charge is -2.26. The molecule has 3 atom stereocenters. The summed E-state index contributed by atoms with van der Waals surface area (Å²) in [7, 11) is 0. The Morgan fingerprint density at radius 3 is 3.11 bits per heavy atom. The van der Waals surface area contributed by atoms with E-state index in [-0.39, 0.29) is 0 Å². The summed E-state index contributed by atoms with van der Waals surface area (Å²) in [6, 6.07) is 4.69. The van der Waals surface area contributed by atoms with Gasteiger partial charge in [0, 0.05) is 12.6 Å². The van der Waals surface area contributed by atoms with E-state index in [9.17, 15) is 0 Å². The number of furan rings is 1. The van der Waals surface area contributed by atoms with Crippen LogP contribution in [-0.2, 0) is 11.3 Å². The molecule has 1 aromatic heterocycles. The van der Waals surface area contributed by atoms with E-state index in [4.69, 9.17) is 9.15 Å². The maximum atomic E-state index is 5.92. The van der Waals surface area contributed by atoms with Crippen molar-refractivity contribution >= 4 is 0 Å². The average molecular weight is 247 g/mol. The van der Waals surface area contributed by atoms with Crippen LogP contribution in [0.2, 0.25) is 0 Å². The van der Waals surface area contributed by atoms with Crippen molar-refractivity contribution in [1.82, 2.24) is 4.90 Å². The fraction of sp³-hybridized carbons (Fsp3) is 0.600. The number of rotatable bonds is 5. The Morgan fingerprint density at radius 1 is 1.50 bits per heavy atom. The normalized spacial score (nSPS) is 31.1. The molecule has 18 heavy (non-hydrogen) atoms. The smallest absolute Gasteiger partial charge is 0.118 e. The zero-order valence-electron chi connectivity index (χ0n) is 11.0. The minimum absolute atomic E-state index is 0.402. The van der Waals surface area contributed by atoms with Gasteiger partial charge in [-0.2, -0.15) is 0 Å². The molecule has 0 amide bonds. The molecule has 2 fully saturated rings. The second-order valence-corrected chi connectivity index (χ2v) is 5.43. The van der Waals surface area contributed by atoms with Crippen molar-refractivity contribution in [3.8, 4) is 0 Å². The molecular weight excluding hydrogens is 226 g/mol. The standard InChI is InChI=1S/C15H21NO2/c1-3-8-17-15-12-5-7-14(15)16(9-12)10-13-6-4-11(2)18-13/h3-4,6,12,14-15H,1,5,7-10H2,2H3. The minimum Gasteiger partial charge on any atom is -0.465 e. The largest absolute Gasteiger partial charge is 0.465 e. The molecule has 3 rings (SSSR count). The predicted octanol–water partition coefficient (Wildman–Crippen LogP) is 2.75. The molecule has 1 aliphatic heterocycles. The van der Waals surface area contributed by atoms with Crippen LogP contribution in [0.3, 0.4) is 0 Å². The number of nitrogens with zero attached hydrogens (tertiary/aromatic N) is 1. The van der Waals surface area contributed by atoms with Crippen molar-refractivity contribution in [3.63, 3.8) is 0 Å². The van der Waals surface area contributed by atoms with Crippen LogP contribution < -0.4 is 0 Å². The number of likely N-dealkylation sites (tertiary alicyclic amines) is 1. The van der Waals surface area contributed by atoms with Gasteiger partial charge in [0.1, 0.15) is 11.5 Å². The van der Waals surface area contributed by atoms with Crippen LogP contribution in [0, 0.1) is 12.8 Å². The maximum Gasteiger partial charge on any atom is 0.118 e. The summed E-state index contributed by atoms with van der Waals surface area (Å²) in [6.45, 7) is 8.46. The Balaban J connectivity index is 1.64. The first-order valence-electron chi connectivity index (χ1n) is 6.80. The van der Waals surface area contributed by atoms with E-state index >= 15 is 0 Å². The molecule has 98 valence electrons. The summed E-state index contributed by atoms with van der Waals surface area (Å²) in [5.41, 5.74) is 0. The second-order valence-electron chi connectivity index (χ2n) is 5.43. The lowest BCUT2D eigenvalue weighted by molar-refractivity contribution is 0.0437. The predicted molar refractivity (Wildman–Crippen MR) is 70.3 cm³/mol. The molecule has 3 unspecified atom stereocenters. The monoisotopic (exact) mass is 247 g/mol. The van der Waals surface area contributed by atoms with Gasteiger partial charge in [0.15, 0.2) is 0 Å². The molecule has 0 N–H and O–H groups in total. The summed E-state index contributed by atoms with van der Waals surface area (Å²) < 4.78 is 11.6. The van der Waals surface area contributed by atoms with Crippen molar-refractivity contribution in [2.24, 2.45) is 5.92 Å². The average Bonchev–Trinajstić information content (AvgIpc) is 3.02. The van der Waals surface area contributed by atoms with Crippen molar-refractivity contribution in [2.75, 3.05) is 13.2 Å². The number of aryl methyl sites for hydroxylation is 1. The molecular formula is C15H21NO2. The van der Waals surface area contributed by atoms with E-state index in [1.54, 1.807) is 0 Å². The van der Waals surface area contributed by atoms with E-state index in [1.807, 2.05) is 19.1 Å². The molecule has 1 saturated carbocycles. The summed E-state index contributed by atoms with van der Waals surface area (Å²) in [5.74, 6) is 2.77. The second kappa shape index (κ2) is 4.90. The SMILES string of the molecule is C=CCOC1C2CCC1N(Cc1ccc(C)o1)C2. The van der Waals surface area contributed by atoms with Gasteiger partial charge in [-0.25, -0.2) is 0 Å². The number of hydrogen-bond donors (Lipinski definition) is 0. The third-order valence-electron chi connectivity index (χ3n) is 4.18. The van der Waals surface area contributed by atoms with Crippen molar-refractivity contribution < 1.29 is 9.15 Å². The Hall–Kier alpha value is -1.06. The molecule has 0 spiro atoms. The molecule has 3 nitrogen and oxygen atoms in total. The molecule has 2 heterocycles. The number of hydrogen-bond acceptors (Lipinski definition) is 3. The van der Waals surface area contributed by atoms with Gasteiger partial charge in [0.2, 0.25) is 0 Å². The molecule has 1 saturated heterocycles. The topological polar surface area (TPSA) is 25.6 Å². The van der Waals surface area contributed by atoms with Crippen LogP contribution >= 0.6 is 0 Å². The first kappa shape index (κ1) is 12.0. The number of fused-ring (bicyclic) bond motifs is 2. The fourth-order valence-corrected chi connectivity index (χ4v) is 3.43. The third kappa shape index (κ3) is 2.13. The van der Waals surface area contributed by atoms with Crippen molar-refractivity contribution in [2.45, 2.75) is 38.5 Å². The van der Waals surface area contributed by atoms with Crippen molar-refractivity contribution in [3.05, 3.63) is 36.3 Å². The summed E-state index contributed by atoms with van der Waals surface area (Å²) >= 11 is 0. The van der Waals surface area contributed by atoms with Gasteiger partial charge in [-0.05, 0) is 37.8 Å². The molecule has 1 aliphatic carbocycles. The highest BCUT2D eigenvalue weighted by Gasteiger charge is 2.47. The van der Waals surface area contributed by atoms with E-state index in [0.29, 0.717) is 24.7 Å². The first-order valence-corrected chi connectivity index (χ1v) is 6.80. The lowest BCUT2D eigenvalue weighted by atomic mass is 10.1. The van der Waals surface area contributed by atoms with Gasteiger partial charge in [-0.3, -0.25) is 4.90 Å². The fourth-order valence-electron chi connectivity index (χ4n) is 3.43. The molecule has 1 aromatic rings. The van der Waals surface area contributed by atoms with Crippen LogP contribution in [0.25, 0.3) is 0 Å². The van der Waals surface area contributed by atoms with Gasteiger partial charge in [0.25, 0.3) is 0 Å². The number of piperidine rings is 1. The minimum atomic E-state index is 0.402. The summed E-state index contributed by atoms with van der Waals surface area (Å²) in [6.07, 6.45) is 4.81. The molecule has 0 aromatic carbocycles. The molecule has 2 bridgehead atoms. The molecule has 0 radical (unpaired) electrons. The van der Waals surface area contributed by atoms with E-state index < -0.39 is 0 Å². The van der Waals surface area contributed by atoms with Crippen LogP contribution in [-0.4, -0.2) is 30.2 Å². The van der Waals surface area contributed by atoms with Crippen LogP contribution in [0.15, 0.2) is 29.2 Å². The van der Waals surface area contributed by atoms with Gasteiger partial charge < -0.3 is 9.15 Å². The van der Waals surface area contributed by atoms with E-state index in [2.05, 4.69) is 17.5 Å². The zero-order chi connectivity index (χ0) is 12.5. The van der Waals surface area contributed by atoms with Crippen LogP contribution in [0.1, 0.15) is 24.4 Å². The maximum absolute atomic E-state index is 5.92. The Labute approximate surface area is 108 Å². The van der Waals surface area contributed by atoms with E-state index in [1.165, 1.54) is 12.8 Å². The molecule has 3 heteroatoms. The van der Waals surface area contributed by atoms with Gasteiger partial charge in [-0.15, -0.1) is 6.58 Å². The van der Waals surface area contributed by atoms with Crippen molar-refractivity contribution in [1.29, 1.82) is 0 Å². The highest BCUT2D eigenvalue weighted by molar-refractivity contribution is 5.08. The first-order chi connectivity index (χ1) is 8.78. The van der Waals surface area contributed by atoms with Crippen LogP contribution in [0.4, 0.5) is 0 Å². The van der Waals surface area contributed by atoms with Gasteiger partial charge in [0.05, 0.1) is 19.3 Å². The van der Waals surface area contributed by atoms with Gasteiger partial charge >= 0.3 is 0 Å². The lowest BCUT2D eigenvalue weighted by Crippen LogP contribution is -2.34. The summed E-state index contributed by atoms with van der Waals surface area (Å²) in [4.78, 5) is 2.51. The highest BCUT2D eigenvalue weighted by Crippen LogP contribution is 2.40. The summed E-state index contributed by atoms with van der Waals surface area (Å²) in [5, 5.41) is 0. The quantitative estimate of drug-likeness (QED) is 0.748. The highest BCUT2D eigenvalue weighted by atomic mass is 16.5. The van der Waals surface area contributed by atoms with E-state index in [0.717, 1.165) is 24.6 Å². The third-order valence-corrected chi connectivity index (χ3v) is 4.18. The van der Waals surface area contributed by atoms with Gasteiger partial charge in [-0.1, -0.05) is 6.08 Å². The number of ether oxygens (including phenoxy) is 1. The Kier molecular flexibility index (Phi) is 3.27. The zero-order valence-corrected chi connectivity index (χ0v) is 11.0. The molecule has 2 aliphatic rings. The Bertz CT molecular complexity index is 426. The van der Waals surface area contributed by atoms with Crippen LogP contribution in [0.5, 0.6) is 0 Å². The Morgan fingerprint density at radius 2 is 2.39 bits per heavy atom.